The van der Waals surface area contributed by atoms with E-state index in [2.05, 4.69) is 18.5 Å². The van der Waals surface area contributed by atoms with Crippen molar-refractivity contribution in [2.75, 3.05) is 19.6 Å². The molecule has 0 aromatic heterocycles. The Morgan fingerprint density at radius 1 is 1.45 bits per heavy atom. The van der Waals surface area contributed by atoms with Crippen LogP contribution in [0, 0.1) is 11.6 Å². The molecule has 1 aliphatic rings. The van der Waals surface area contributed by atoms with E-state index >= 15 is 0 Å². The number of hydrogen-bond donors (Lipinski definition) is 1. The normalized spacial score (nSPS) is 14.8. The maximum absolute atomic E-state index is 13.4. The first-order valence-electron chi connectivity index (χ1n) is 6.44. The Morgan fingerprint density at radius 3 is 2.90 bits per heavy atom. The van der Waals surface area contributed by atoms with Crippen LogP contribution in [0.2, 0.25) is 0 Å². The fraction of sp³-hybridized carbons (Fsp3) is 0.333. The van der Waals surface area contributed by atoms with Crippen LogP contribution in [0.25, 0.3) is 0 Å². The summed E-state index contributed by atoms with van der Waals surface area (Å²) in [7, 11) is 0. The van der Waals surface area contributed by atoms with Gasteiger partial charge in [-0.1, -0.05) is 12.7 Å². The fourth-order valence-corrected chi connectivity index (χ4v) is 1.93. The third kappa shape index (κ3) is 3.57. The van der Waals surface area contributed by atoms with Gasteiger partial charge in [0.2, 0.25) is 0 Å². The lowest BCUT2D eigenvalue weighted by atomic mass is 10.1. The van der Waals surface area contributed by atoms with Gasteiger partial charge in [-0.25, -0.2) is 8.78 Å². The van der Waals surface area contributed by atoms with Gasteiger partial charge in [0.1, 0.15) is 11.6 Å². The number of likely N-dealkylation sites (tertiary alicyclic amines) is 1. The Morgan fingerprint density at radius 2 is 2.20 bits per heavy atom. The number of benzene rings is 1. The van der Waals surface area contributed by atoms with Crippen LogP contribution < -0.4 is 5.32 Å². The van der Waals surface area contributed by atoms with Gasteiger partial charge in [-0.3, -0.25) is 0 Å². The van der Waals surface area contributed by atoms with Crippen LogP contribution in [0.15, 0.2) is 43.3 Å². The topological polar surface area (TPSA) is 24.5 Å². The molecule has 108 valence electrons. The number of halogens is 2. The van der Waals surface area contributed by atoms with E-state index in [1.54, 1.807) is 6.08 Å². The second-order valence-electron chi connectivity index (χ2n) is 4.69. The summed E-state index contributed by atoms with van der Waals surface area (Å²) in [5.74, 6) is -0.0800. The summed E-state index contributed by atoms with van der Waals surface area (Å²) < 4.78 is 31.9. The maximum Gasteiger partial charge on any atom is 0.128 e. The van der Waals surface area contributed by atoms with Gasteiger partial charge in [-0.05, 0) is 18.2 Å². The van der Waals surface area contributed by atoms with Crippen LogP contribution in [0.1, 0.15) is 5.56 Å². The monoisotopic (exact) mass is 280 g/mol. The van der Waals surface area contributed by atoms with Crippen LogP contribution in [0.5, 0.6) is 0 Å². The third-order valence-electron chi connectivity index (χ3n) is 3.16. The van der Waals surface area contributed by atoms with Crippen molar-refractivity contribution < 1.29 is 13.5 Å². The molecular formula is C15H18F2N2O. The first kappa shape index (κ1) is 14.5. The molecule has 2 rings (SSSR count). The SMILES string of the molecule is C=CCNC(=C)N1CC(OCc2cc(F)ccc2F)C1. The summed E-state index contributed by atoms with van der Waals surface area (Å²) in [4.78, 5) is 2.02. The highest BCUT2D eigenvalue weighted by atomic mass is 19.1. The second-order valence-corrected chi connectivity index (χ2v) is 4.69. The van der Waals surface area contributed by atoms with E-state index in [1.807, 2.05) is 4.90 Å². The molecule has 1 N–H and O–H groups in total. The minimum Gasteiger partial charge on any atom is -0.370 e. The number of hydrogen-bond acceptors (Lipinski definition) is 3. The van der Waals surface area contributed by atoms with Crippen LogP contribution in [-0.4, -0.2) is 30.6 Å². The highest BCUT2D eigenvalue weighted by Crippen LogP contribution is 2.18. The minimum absolute atomic E-state index is 0.0138. The zero-order chi connectivity index (χ0) is 14.5. The molecular weight excluding hydrogens is 262 g/mol. The Balaban J connectivity index is 1.74. The van der Waals surface area contributed by atoms with Gasteiger partial charge >= 0.3 is 0 Å². The smallest absolute Gasteiger partial charge is 0.128 e. The van der Waals surface area contributed by atoms with Gasteiger partial charge in [0.25, 0.3) is 0 Å². The molecule has 0 saturated carbocycles. The van der Waals surface area contributed by atoms with E-state index in [0.717, 1.165) is 24.0 Å². The molecule has 0 aliphatic carbocycles. The average Bonchev–Trinajstić information content (AvgIpc) is 2.38. The van der Waals surface area contributed by atoms with Crippen molar-refractivity contribution in [3.05, 3.63) is 60.5 Å². The summed E-state index contributed by atoms with van der Waals surface area (Å²) in [5, 5.41) is 3.09. The Labute approximate surface area is 117 Å². The first-order valence-corrected chi connectivity index (χ1v) is 6.44. The van der Waals surface area contributed by atoms with Crippen molar-refractivity contribution in [1.29, 1.82) is 0 Å². The first-order chi connectivity index (χ1) is 9.60. The van der Waals surface area contributed by atoms with Gasteiger partial charge < -0.3 is 15.0 Å². The summed E-state index contributed by atoms with van der Waals surface area (Å²) in [6, 6.07) is 3.37. The molecule has 1 aromatic rings. The van der Waals surface area contributed by atoms with Gasteiger partial charge in [0.05, 0.1) is 18.5 Å². The molecule has 0 bridgehead atoms. The Kier molecular flexibility index (Phi) is 4.74. The van der Waals surface area contributed by atoms with Crippen LogP contribution >= 0.6 is 0 Å². The predicted molar refractivity (Wildman–Crippen MR) is 73.8 cm³/mol. The molecule has 1 heterocycles. The molecule has 3 nitrogen and oxygen atoms in total. The maximum atomic E-state index is 13.4. The summed E-state index contributed by atoms with van der Waals surface area (Å²) in [5.41, 5.74) is 0.243. The van der Waals surface area contributed by atoms with E-state index in [9.17, 15) is 8.78 Å². The number of rotatable bonds is 7. The lowest BCUT2D eigenvalue weighted by molar-refractivity contribution is -0.0514. The van der Waals surface area contributed by atoms with Gasteiger partial charge in [0.15, 0.2) is 0 Å². The predicted octanol–water partition coefficient (Wildman–Crippen LogP) is 2.41. The van der Waals surface area contributed by atoms with Crippen molar-refractivity contribution in [2.45, 2.75) is 12.7 Å². The zero-order valence-electron chi connectivity index (χ0n) is 11.2. The molecule has 5 heteroatoms. The van der Waals surface area contributed by atoms with Crippen LogP contribution in [0.3, 0.4) is 0 Å². The van der Waals surface area contributed by atoms with E-state index in [4.69, 9.17) is 4.74 Å². The van der Waals surface area contributed by atoms with E-state index in [-0.39, 0.29) is 18.3 Å². The molecule has 0 atom stereocenters. The molecule has 1 saturated heterocycles. The van der Waals surface area contributed by atoms with E-state index < -0.39 is 11.6 Å². The van der Waals surface area contributed by atoms with Crippen LogP contribution in [-0.2, 0) is 11.3 Å². The molecule has 1 aromatic carbocycles. The van der Waals surface area contributed by atoms with E-state index in [1.165, 1.54) is 0 Å². The molecule has 0 spiro atoms. The summed E-state index contributed by atoms with van der Waals surface area (Å²) in [6.07, 6.45) is 1.77. The largest absolute Gasteiger partial charge is 0.370 e. The molecule has 0 radical (unpaired) electrons. The highest BCUT2D eigenvalue weighted by Gasteiger charge is 2.28. The van der Waals surface area contributed by atoms with Crippen molar-refractivity contribution in [1.82, 2.24) is 10.2 Å². The number of nitrogens with one attached hydrogen (secondary N) is 1. The third-order valence-corrected chi connectivity index (χ3v) is 3.16. The van der Waals surface area contributed by atoms with Gasteiger partial charge in [0, 0.05) is 25.2 Å². The summed E-state index contributed by atoms with van der Waals surface area (Å²) in [6.45, 7) is 9.64. The molecule has 1 fully saturated rings. The molecule has 1 aliphatic heterocycles. The van der Waals surface area contributed by atoms with Crippen molar-refractivity contribution in [2.24, 2.45) is 0 Å². The molecule has 0 amide bonds. The highest BCUT2D eigenvalue weighted by molar-refractivity contribution is 5.18. The molecule has 0 unspecified atom stereocenters. The standard InChI is InChI=1S/C15H18F2N2O/c1-3-6-18-11(2)19-8-14(9-19)20-10-12-7-13(16)4-5-15(12)17/h3-5,7,14,18H,1-2,6,8-10H2. The minimum atomic E-state index is -0.456. The van der Waals surface area contributed by atoms with Crippen molar-refractivity contribution in [3.8, 4) is 0 Å². The van der Waals surface area contributed by atoms with Gasteiger partial charge in [-0.2, -0.15) is 0 Å². The van der Waals surface area contributed by atoms with E-state index in [0.29, 0.717) is 19.6 Å². The number of nitrogens with zero attached hydrogens (tertiary/aromatic N) is 1. The Bertz CT molecular complexity index is 499. The van der Waals surface area contributed by atoms with Gasteiger partial charge in [-0.15, -0.1) is 6.58 Å². The Hall–Kier alpha value is -1.88. The van der Waals surface area contributed by atoms with Crippen molar-refractivity contribution in [3.63, 3.8) is 0 Å². The summed E-state index contributed by atoms with van der Waals surface area (Å²) >= 11 is 0. The quantitative estimate of drug-likeness (QED) is 0.776. The molecule has 20 heavy (non-hydrogen) atoms. The second kappa shape index (κ2) is 6.52. The fourth-order valence-electron chi connectivity index (χ4n) is 1.93. The van der Waals surface area contributed by atoms with Crippen molar-refractivity contribution >= 4 is 0 Å². The lowest BCUT2D eigenvalue weighted by Gasteiger charge is -2.41. The van der Waals surface area contributed by atoms with Crippen LogP contribution in [0.4, 0.5) is 8.78 Å². The zero-order valence-corrected chi connectivity index (χ0v) is 11.2. The number of ether oxygens (including phenoxy) is 1. The lowest BCUT2D eigenvalue weighted by Crippen LogP contribution is -2.53. The average molecular weight is 280 g/mol.